The van der Waals surface area contributed by atoms with Crippen LogP contribution in [0.3, 0.4) is 0 Å². The molecule has 0 spiro atoms. The number of carbonyl (C=O) groups is 1. The zero-order valence-electron chi connectivity index (χ0n) is 16.3. The van der Waals surface area contributed by atoms with Crippen LogP contribution < -0.4 is 10.2 Å². The Morgan fingerprint density at radius 2 is 1.82 bits per heavy atom. The third-order valence-electron chi connectivity index (χ3n) is 4.66. The lowest BCUT2D eigenvalue weighted by Crippen LogP contribution is -2.40. The van der Waals surface area contributed by atoms with Crippen LogP contribution >= 0.6 is 0 Å². The summed E-state index contributed by atoms with van der Waals surface area (Å²) in [5, 5.41) is 2.80. The van der Waals surface area contributed by atoms with Gasteiger partial charge in [0, 0.05) is 44.1 Å². The minimum absolute atomic E-state index is 0.203. The monoisotopic (exact) mass is 403 g/mol. The zero-order valence-corrected chi connectivity index (χ0v) is 17.1. The van der Waals surface area contributed by atoms with E-state index in [1.807, 2.05) is 31.1 Å². The van der Waals surface area contributed by atoms with E-state index in [2.05, 4.69) is 5.32 Å². The Kier molecular flexibility index (Phi) is 6.02. The Morgan fingerprint density at radius 1 is 1.11 bits per heavy atom. The summed E-state index contributed by atoms with van der Waals surface area (Å²) in [5.74, 6) is -0.290. The van der Waals surface area contributed by atoms with Crippen molar-refractivity contribution in [2.45, 2.75) is 11.8 Å². The van der Waals surface area contributed by atoms with Crippen LogP contribution in [0, 0.1) is 6.92 Å². The fraction of sp³-hybridized carbons (Fsp3) is 0.350. The van der Waals surface area contributed by atoms with Crippen molar-refractivity contribution in [1.82, 2.24) is 4.31 Å². The van der Waals surface area contributed by atoms with E-state index < -0.39 is 10.0 Å². The largest absolute Gasteiger partial charge is 0.379 e. The molecule has 2 aromatic carbocycles. The third-order valence-corrected chi connectivity index (χ3v) is 6.70. The van der Waals surface area contributed by atoms with Gasteiger partial charge in [-0.25, -0.2) is 8.42 Å². The van der Waals surface area contributed by atoms with Gasteiger partial charge in [-0.3, -0.25) is 4.79 Å². The van der Waals surface area contributed by atoms with Crippen molar-refractivity contribution in [3.05, 3.63) is 53.6 Å². The number of ether oxygens (including phenoxy) is 1. The molecule has 1 aliphatic rings. The Labute approximate surface area is 166 Å². The van der Waals surface area contributed by atoms with Gasteiger partial charge in [0.2, 0.25) is 10.0 Å². The zero-order chi connectivity index (χ0) is 20.3. The van der Waals surface area contributed by atoms with Gasteiger partial charge in [0.15, 0.2) is 0 Å². The van der Waals surface area contributed by atoms with Gasteiger partial charge < -0.3 is 15.0 Å². The maximum atomic E-state index is 13.0. The highest BCUT2D eigenvalue weighted by molar-refractivity contribution is 7.89. The second-order valence-corrected chi connectivity index (χ2v) is 8.80. The number of benzene rings is 2. The average molecular weight is 404 g/mol. The van der Waals surface area contributed by atoms with Gasteiger partial charge in [-0.1, -0.05) is 12.1 Å². The molecule has 0 unspecified atom stereocenters. The summed E-state index contributed by atoms with van der Waals surface area (Å²) in [5.41, 5.74) is 2.49. The van der Waals surface area contributed by atoms with Crippen LogP contribution in [0.5, 0.6) is 0 Å². The van der Waals surface area contributed by atoms with Crippen molar-refractivity contribution in [1.29, 1.82) is 0 Å². The molecule has 0 bridgehead atoms. The number of morpholine rings is 1. The van der Waals surface area contributed by atoms with E-state index in [-0.39, 0.29) is 10.8 Å². The lowest BCUT2D eigenvalue weighted by Gasteiger charge is -2.26. The summed E-state index contributed by atoms with van der Waals surface area (Å²) in [4.78, 5) is 14.7. The maximum Gasteiger partial charge on any atom is 0.255 e. The number of hydrogen-bond donors (Lipinski definition) is 1. The molecule has 8 heteroatoms. The molecule has 7 nitrogen and oxygen atoms in total. The molecule has 0 atom stereocenters. The molecule has 1 aliphatic heterocycles. The summed E-state index contributed by atoms with van der Waals surface area (Å²) in [7, 11) is 0.167. The van der Waals surface area contributed by atoms with Crippen LogP contribution in [0.2, 0.25) is 0 Å². The molecule has 28 heavy (non-hydrogen) atoms. The van der Waals surface area contributed by atoms with Gasteiger partial charge in [-0.15, -0.1) is 0 Å². The van der Waals surface area contributed by atoms with E-state index in [9.17, 15) is 13.2 Å². The number of carbonyl (C=O) groups excluding carboxylic acids is 1. The van der Waals surface area contributed by atoms with Crippen molar-refractivity contribution in [2.24, 2.45) is 0 Å². The number of hydrogen-bond acceptors (Lipinski definition) is 5. The number of rotatable bonds is 5. The maximum absolute atomic E-state index is 13.0. The van der Waals surface area contributed by atoms with E-state index in [1.54, 1.807) is 31.2 Å². The lowest BCUT2D eigenvalue weighted by molar-refractivity contribution is 0.0730. The number of aryl methyl sites for hydroxylation is 1. The molecule has 150 valence electrons. The van der Waals surface area contributed by atoms with E-state index in [0.29, 0.717) is 43.1 Å². The highest BCUT2D eigenvalue weighted by atomic mass is 32.2. The van der Waals surface area contributed by atoms with Crippen LogP contribution in [0.1, 0.15) is 15.9 Å². The number of nitrogens with zero attached hydrogens (tertiary/aromatic N) is 2. The fourth-order valence-electron chi connectivity index (χ4n) is 3.01. The molecule has 1 fully saturated rings. The lowest BCUT2D eigenvalue weighted by atomic mass is 10.1. The predicted octanol–water partition coefficient (Wildman–Crippen LogP) is 2.33. The van der Waals surface area contributed by atoms with Gasteiger partial charge in [-0.2, -0.15) is 4.31 Å². The van der Waals surface area contributed by atoms with Crippen molar-refractivity contribution >= 4 is 27.3 Å². The van der Waals surface area contributed by atoms with Crippen LogP contribution in [0.4, 0.5) is 11.4 Å². The highest BCUT2D eigenvalue weighted by Crippen LogP contribution is 2.25. The Hall–Kier alpha value is -2.42. The molecule has 1 heterocycles. The summed E-state index contributed by atoms with van der Waals surface area (Å²) in [6.07, 6.45) is 0. The molecular weight excluding hydrogens is 378 g/mol. The topological polar surface area (TPSA) is 79.0 Å². The summed E-state index contributed by atoms with van der Waals surface area (Å²) < 4.78 is 32.6. The van der Waals surface area contributed by atoms with Crippen LogP contribution in [-0.2, 0) is 14.8 Å². The third kappa shape index (κ3) is 4.35. The van der Waals surface area contributed by atoms with Gasteiger partial charge in [0.05, 0.1) is 18.1 Å². The molecule has 1 N–H and O–H groups in total. The second kappa shape index (κ2) is 8.30. The predicted molar refractivity (Wildman–Crippen MR) is 109 cm³/mol. The van der Waals surface area contributed by atoms with Crippen LogP contribution in [0.15, 0.2) is 47.4 Å². The Morgan fingerprint density at radius 3 is 2.50 bits per heavy atom. The first-order valence-corrected chi connectivity index (χ1v) is 10.5. The Balaban J connectivity index is 1.85. The van der Waals surface area contributed by atoms with Gasteiger partial charge in [-0.05, 0) is 42.8 Å². The van der Waals surface area contributed by atoms with Gasteiger partial charge in [0.25, 0.3) is 5.91 Å². The average Bonchev–Trinajstić information content (AvgIpc) is 2.70. The summed E-state index contributed by atoms with van der Waals surface area (Å²) in [6, 6.07) is 12.2. The van der Waals surface area contributed by atoms with Gasteiger partial charge >= 0.3 is 0 Å². The first-order chi connectivity index (χ1) is 13.3. The smallest absolute Gasteiger partial charge is 0.255 e. The molecule has 0 saturated carbocycles. The Bertz CT molecular complexity index is 967. The van der Waals surface area contributed by atoms with Crippen molar-refractivity contribution in [3.8, 4) is 0 Å². The fourth-order valence-corrected chi connectivity index (χ4v) is 4.67. The minimum Gasteiger partial charge on any atom is -0.379 e. The van der Waals surface area contributed by atoms with Gasteiger partial charge in [0.1, 0.15) is 0 Å². The number of nitrogens with one attached hydrogen (secondary N) is 1. The standard InChI is InChI=1S/C20H25N3O4S/c1-15-7-8-17(14-19(15)28(25,26)23-9-11-27-12-10-23)21-20(24)16-5-4-6-18(13-16)22(2)3/h4-8,13-14H,9-12H2,1-3H3,(H,21,24). The SMILES string of the molecule is Cc1ccc(NC(=O)c2cccc(N(C)C)c2)cc1S(=O)(=O)N1CCOCC1. The number of anilines is 2. The quantitative estimate of drug-likeness (QED) is 0.829. The normalized spacial score (nSPS) is 15.2. The van der Waals surface area contributed by atoms with E-state index in [4.69, 9.17) is 4.74 Å². The molecule has 0 radical (unpaired) electrons. The number of amides is 1. The minimum atomic E-state index is -3.64. The van der Waals surface area contributed by atoms with Crippen LogP contribution in [-0.4, -0.2) is 59.0 Å². The molecule has 2 aromatic rings. The molecule has 1 amide bonds. The second-order valence-electron chi connectivity index (χ2n) is 6.90. The van der Waals surface area contributed by atoms with Crippen LogP contribution in [0.25, 0.3) is 0 Å². The first-order valence-electron chi connectivity index (χ1n) is 9.06. The van der Waals surface area contributed by atoms with E-state index >= 15 is 0 Å². The van der Waals surface area contributed by atoms with Crippen molar-refractivity contribution < 1.29 is 17.9 Å². The van der Waals surface area contributed by atoms with Crippen molar-refractivity contribution in [3.63, 3.8) is 0 Å². The molecular formula is C20H25N3O4S. The molecule has 3 rings (SSSR count). The van der Waals surface area contributed by atoms with E-state index in [1.165, 1.54) is 10.4 Å². The summed E-state index contributed by atoms with van der Waals surface area (Å²) >= 11 is 0. The molecule has 0 aromatic heterocycles. The highest BCUT2D eigenvalue weighted by Gasteiger charge is 2.28. The van der Waals surface area contributed by atoms with E-state index in [0.717, 1.165) is 5.69 Å². The number of sulfonamides is 1. The van der Waals surface area contributed by atoms with Crippen molar-refractivity contribution in [2.75, 3.05) is 50.6 Å². The first kappa shape index (κ1) is 20.3. The molecule has 0 aliphatic carbocycles. The molecule has 1 saturated heterocycles. The summed E-state index contributed by atoms with van der Waals surface area (Å²) in [6.45, 7) is 3.18.